The van der Waals surface area contributed by atoms with Crippen LogP contribution in [0.4, 0.5) is 11.4 Å². The summed E-state index contributed by atoms with van der Waals surface area (Å²) in [6.45, 7) is 2.86. The van der Waals surface area contributed by atoms with Gasteiger partial charge in [-0.1, -0.05) is 54.9 Å². The molecule has 7 heteroatoms. The Morgan fingerprint density at radius 2 is 1.91 bits per heavy atom. The average Bonchev–Trinajstić information content (AvgIpc) is 3.05. The molecule has 32 heavy (non-hydrogen) atoms. The van der Waals surface area contributed by atoms with Gasteiger partial charge < -0.3 is 9.64 Å². The molecule has 1 heterocycles. The first-order valence-corrected chi connectivity index (χ1v) is 10.6. The van der Waals surface area contributed by atoms with Crippen molar-refractivity contribution in [1.82, 2.24) is 0 Å². The van der Waals surface area contributed by atoms with E-state index in [1.165, 1.54) is 12.1 Å². The summed E-state index contributed by atoms with van der Waals surface area (Å²) < 4.78 is 5.76. The summed E-state index contributed by atoms with van der Waals surface area (Å²) in [6.07, 6.45) is 2.71. The quantitative estimate of drug-likeness (QED) is 0.248. The van der Waals surface area contributed by atoms with Crippen molar-refractivity contribution in [2.75, 3.05) is 11.4 Å². The van der Waals surface area contributed by atoms with E-state index in [0.717, 1.165) is 23.2 Å². The van der Waals surface area contributed by atoms with Crippen LogP contribution >= 0.6 is 11.6 Å². The summed E-state index contributed by atoms with van der Waals surface area (Å²) in [4.78, 5) is 25.3. The van der Waals surface area contributed by atoms with Crippen molar-refractivity contribution < 1.29 is 14.5 Å². The molecular formula is C25H21ClN2O4. The molecule has 0 aliphatic carbocycles. The summed E-state index contributed by atoms with van der Waals surface area (Å²) in [7, 11) is 0. The van der Waals surface area contributed by atoms with Crippen LogP contribution in [0.3, 0.4) is 0 Å². The number of benzene rings is 3. The van der Waals surface area contributed by atoms with Crippen LogP contribution in [0.2, 0.25) is 5.02 Å². The van der Waals surface area contributed by atoms with Gasteiger partial charge in [0.1, 0.15) is 12.4 Å². The predicted octanol–water partition coefficient (Wildman–Crippen LogP) is 6.12. The molecule has 0 atom stereocenters. The van der Waals surface area contributed by atoms with E-state index in [1.807, 2.05) is 43.3 Å². The number of hydrogen-bond acceptors (Lipinski definition) is 4. The lowest BCUT2D eigenvalue weighted by molar-refractivity contribution is -0.384. The summed E-state index contributed by atoms with van der Waals surface area (Å²) >= 11 is 6.42. The molecule has 1 aliphatic rings. The Bertz CT molecular complexity index is 1220. The average molecular weight is 449 g/mol. The van der Waals surface area contributed by atoms with Gasteiger partial charge in [-0.2, -0.15) is 0 Å². The monoisotopic (exact) mass is 448 g/mol. The molecule has 0 N–H and O–H groups in total. The van der Waals surface area contributed by atoms with Crippen LogP contribution in [-0.2, 0) is 11.4 Å². The van der Waals surface area contributed by atoms with Crippen molar-refractivity contribution in [3.05, 3.63) is 98.6 Å². The number of nitro benzene ring substituents is 1. The Labute approximate surface area is 190 Å². The molecule has 0 saturated carbocycles. The fourth-order valence-corrected chi connectivity index (χ4v) is 3.95. The van der Waals surface area contributed by atoms with Crippen LogP contribution in [-0.4, -0.2) is 17.4 Å². The topological polar surface area (TPSA) is 72.7 Å². The Morgan fingerprint density at radius 1 is 1.09 bits per heavy atom. The lowest BCUT2D eigenvalue weighted by Gasteiger charge is -2.15. The highest BCUT2D eigenvalue weighted by molar-refractivity contribution is 6.36. The number of amides is 1. The zero-order valence-electron chi connectivity index (χ0n) is 17.5. The number of para-hydroxylation sites is 1. The molecule has 1 amide bonds. The van der Waals surface area contributed by atoms with Gasteiger partial charge in [0.05, 0.1) is 15.6 Å². The van der Waals surface area contributed by atoms with Crippen molar-refractivity contribution in [1.29, 1.82) is 0 Å². The van der Waals surface area contributed by atoms with Crippen LogP contribution < -0.4 is 9.64 Å². The fourth-order valence-electron chi connectivity index (χ4n) is 3.70. The molecule has 0 fully saturated rings. The smallest absolute Gasteiger partial charge is 0.269 e. The van der Waals surface area contributed by atoms with Crippen LogP contribution in [0.15, 0.2) is 66.7 Å². The summed E-state index contributed by atoms with van der Waals surface area (Å²) in [5.41, 5.74) is 3.94. The zero-order chi connectivity index (χ0) is 22.7. The van der Waals surface area contributed by atoms with Gasteiger partial charge in [0, 0.05) is 29.8 Å². The van der Waals surface area contributed by atoms with E-state index in [4.69, 9.17) is 16.3 Å². The van der Waals surface area contributed by atoms with Crippen LogP contribution in [0.25, 0.3) is 11.6 Å². The maximum atomic E-state index is 13.0. The number of halogens is 1. The Morgan fingerprint density at radius 3 is 2.66 bits per heavy atom. The second-order valence-electron chi connectivity index (χ2n) is 7.44. The molecule has 6 nitrogen and oxygen atoms in total. The highest BCUT2D eigenvalue weighted by Gasteiger charge is 2.31. The van der Waals surface area contributed by atoms with Gasteiger partial charge in [0.2, 0.25) is 0 Å². The third kappa shape index (κ3) is 4.36. The SMILES string of the molecule is CCCN1C(=O)/C(=C\c2ccc(OCc3cccc([N+](=O)[O-])c3)c(Cl)c2)c2ccccc21. The molecule has 1 aliphatic heterocycles. The van der Waals surface area contributed by atoms with E-state index in [9.17, 15) is 14.9 Å². The zero-order valence-corrected chi connectivity index (χ0v) is 18.2. The van der Waals surface area contributed by atoms with E-state index < -0.39 is 4.92 Å². The van der Waals surface area contributed by atoms with Gasteiger partial charge in [0.25, 0.3) is 11.6 Å². The molecule has 0 aromatic heterocycles. The van der Waals surface area contributed by atoms with E-state index in [2.05, 4.69) is 0 Å². The first-order valence-electron chi connectivity index (χ1n) is 10.3. The number of anilines is 1. The molecule has 0 saturated heterocycles. The van der Waals surface area contributed by atoms with Crippen LogP contribution in [0.5, 0.6) is 5.75 Å². The highest BCUT2D eigenvalue weighted by Crippen LogP contribution is 2.38. The van der Waals surface area contributed by atoms with Crippen molar-refractivity contribution in [3.8, 4) is 5.75 Å². The lowest BCUT2D eigenvalue weighted by Crippen LogP contribution is -2.26. The van der Waals surface area contributed by atoms with E-state index in [1.54, 1.807) is 29.2 Å². The number of nitrogens with zero attached hydrogens (tertiary/aromatic N) is 2. The van der Waals surface area contributed by atoms with Gasteiger partial charge in [-0.05, 0) is 41.8 Å². The second-order valence-corrected chi connectivity index (χ2v) is 7.84. The van der Waals surface area contributed by atoms with Crippen molar-refractivity contribution >= 4 is 40.5 Å². The number of carbonyl (C=O) groups excluding carboxylic acids is 1. The number of ether oxygens (including phenoxy) is 1. The standard InChI is InChI=1S/C25H21ClN2O4/c1-2-12-27-23-9-4-3-8-20(23)21(25(27)29)14-17-10-11-24(22(26)15-17)32-16-18-6-5-7-19(13-18)28(30)31/h3-11,13-15H,2,12,16H2,1H3/b21-14-. The van der Waals surface area contributed by atoms with Crippen molar-refractivity contribution in [2.24, 2.45) is 0 Å². The molecule has 3 aromatic carbocycles. The van der Waals surface area contributed by atoms with E-state index in [0.29, 0.717) is 28.5 Å². The van der Waals surface area contributed by atoms with Crippen LogP contribution in [0, 0.1) is 10.1 Å². The van der Waals surface area contributed by atoms with Crippen molar-refractivity contribution in [3.63, 3.8) is 0 Å². The number of rotatable bonds is 7. The molecule has 4 rings (SSSR count). The Kier molecular flexibility index (Phi) is 6.23. The van der Waals surface area contributed by atoms with E-state index >= 15 is 0 Å². The lowest BCUT2D eigenvalue weighted by atomic mass is 10.0. The highest BCUT2D eigenvalue weighted by atomic mass is 35.5. The van der Waals surface area contributed by atoms with Crippen molar-refractivity contribution in [2.45, 2.75) is 20.0 Å². The van der Waals surface area contributed by atoms with E-state index in [-0.39, 0.29) is 18.2 Å². The molecule has 0 radical (unpaired) electrons. The third-order valence-corrected chi connectivity index (χ3v) is 5.49. The number of fused-ring (bicyclic) bond motifs is 1. The summed E-state index contributed by atoms with van der Waals surface area (Å²) in [5, 5.41) is 11.3. The summed E-state index contributed by atoms with van der Waals surface area (Å²) in [6, 6.07) is 19.4. The van der Waals surface area contributed by atoms with Gasteiger partial charge in [0.15, 0.2) is 0 Å². The first-order chi connectivity index (χ1) is 15.5. The fraction of sp³-hybridized carbons (Fsp3) is 0.160. The Hall–Kier alpha value is -3.64. The predicted molar refractivity (Wildman–Crippen MR) is 126 cm³/mol. The maximum Gasteiger partial charge on any atom is 0.269 e. The van der Waals surface area contributed by atoms with Gasteiger partial charge >= 0.3 is 0 Å². The molecule has 0 bridgehead atoms. The first kappa shape index (κ1) is 21.6. The molecule has 0 spiro atoms. The molecular weight excluding hydrogens is 428 g/mol. The maximum absolute atomic E-state index is 13.0. The normalized spacial score (nSPS) is 14.0. The molecule has 0 unspecified atom stereocenters. The largest absolute Gasteiger partial charge is 0.487 e. The second kappa shape index (κ2) is 9.24. The third-order valence-electron chi connectivity index (χ3n) is 5.19. The summed E-state index contributed by atoms with van der Waals surface area (Å²) in [5.74, 6) is 0.446. The minimum Gasteiger partial charge on any atom is -0.487 e. The van der Waals surface area contributed by atoms with Gasteiger partial charge in [-0.25, -0.2) is 0 Å². The molecule has 3 aromatic rings. The number of carbonyl (C=O) groups is 1. The van der Waals surface area contributed by atoms with Gasteiger partial charge in [-0.3, -0.25) is 14.9 Å². The minimum atomic E-state index is -0.442. The minimum absolute atomic E-state index is 0.0119. The Balaban J connectivity index is 1.55. The number of non-ortho nitro benzene ring substituents is 1. The number of nitro groups is 1. The van der Waals surface area contributed by atoms with Gasteiger partial charge in [-0.15, -0.1) is 0 Å². The van der Waals surface area contributed by atoms with Crippen LogP contribution in [0.1, 0.15) is 30.0 Å². The molecule has 162 valence electrons. The number of hydrogen-bond donors (Lipinski definition) is 0.